The predicted octanol–water partition coefficient (Wildman–Crippen LogP) is 6.79. The van der Waals surface area contributed by atoms with E-state index in [1.54, 1.807) is 0 Å². The average Bonchev–Trinajstić information content (AvgIpc) is 3.36. The zero-order chi connectivity index (χ0) is 20.5. The lowest BCUT2D eigenvalue weighted by Gasteiger charge is -2.22. The van der Waals surface area contributed by atoms with Crippen molar-refractivity contribution in [2.75, 3.05) is 0 Å². The Labute approximate surface area is 178 Å². The van der Waals surface area contributed by atoms with E-state index < -0.39 is 0 Å². The van der Waals surface area contributed by atoms with Crippen LogP contribution < -0.4 is 4.74 Å². The normalized spacial score (nSPS) is 12.4. The van der Waals surface area contributed by atoms with E-state index in [-0.39, 0.29) is 0 Å². The van der Waals surface area contributed by atoms with Gasteiger partial charge in [0.1, 0.15) is 11.3 Å². The molecule has 0 saturated carbocycles. The minimum atomic E-state index is 0.854. The van der Waals surface area contributed by atoms with E-state index in [0.29, 0.717) is 0 Å². The van der Waals surface area contributed by atoms with Gasteiger partial charge in [0.2, 0.25) is 0 Å². The van der Waals surface area contributed by atoms with Gasteiger partial charge >= 0.3 is 0 Å². The molecule has 0 radical (unpaired) electrons. The van der Waals surface area contributed by atoms with Crippen molar-refractivity contribution in [3.05, 3.63) is 90.8 Å². The number of hydrogen-bond acceptors (Lipinski definition) is 2. The molecule has 0 unspecified atom stereocenters. The van der Waals surface area contributed by atoms with Crippen molar-refractivity contribution in [1.29, 1.82) is 0 Å². The van der Waals surface area contributed by atoms with E-state index in [0.717, 1.165) is 46.2 Å². The van der Waals surface area contributed by atoms with Crippen molar-refractivity contribution >= 4 is 32.8 Å². The van der Waals surface area contributed by atoms with Crippen LogP contribution in [-0.4, -0.2) is 14.1 Å². The summed E-state index contributed by atoms with van der Waals surface area (Å²) >= 11 is 0. The molecule has 1 aliphatic heterocycles. The first kappa shape index (κ1) is 16.7. The second-order valence-corrected chi connectivity index (χ2v) is 7.96. The molecule has 148 valence electrons. The summed E-state index contributed by atoms with van der Waals surface area (Å²) in [4.78, 5) is 4.87. The highest BCUT2D eigenvalue weighted by Crippen LogP contribution is 2.43. The molecule has 0 fully saturated rings. The highest BCUT2D eigenvalue weighted by atomic mass is 16.5. The second kappa shape index (κ2) is 5.99. The van der Waals surface area contributed by atoms with E-state index in [4.69, 9.17) is 9.72 Å². The first-order valence-electron chi connectivity index (χ1n) is 10.6. The van der Waals surface area contributed by atoms with Crippen molar-refractivity contribution in [2.24, 2.45) is 0 Å². The lowest BCUT2D eigenvalue weighted by Crippen LogP contribution is -2.08. The van der Waals surface area contributed by atoms with Gasteiger partial charge in [0.05, 0.1) is 22.2 Å². The van der Waals surface area contributed by atoms with E-state index in [1.807, 2.05) is 12.1 Å². The highest BCUT2D eigenvalue weighted by Gasteiger charge is 2.24. The third kappa shape index (κ3) is 2.16. The van der Waals surface area contributed by atoms with Gasteiger partial charge in [0.15, 0.2) is 11.5 Å². The number of rotatable bonds is 2. The smallest absolute Gasteiger partial charge is 0.153 e. The molecule has 0 amide bonds. The van der Waals surface area contributed by atoms with Gasteiger partial charge in [0, 0.05) is 22.9 Å². The number of aromatic nitrogens is 3. The van der Waals surface area contributed by atoms with Crippen LogP contribution in [0.1, 0.15) is 12.7 Å². The molecule has 0 spiro atoms. The van der Waals surface area contributed by atoms with Crippen LogP contribution in [0.25, 0.3) is 44.2 Å². The lowest BCUT2D eigenvalue weighted by atomic mass is 10.2. The second-order valence-electron chi connectivity index (χ2n) is 7.96. The SMILES string of the molecule is CCc1nc2cccc3c2n1-c1cc(-n2c4ccccc4c4ccccc42)ccc1O3. The van der Waals surface area contributed by atoms with Gasteiger partial charge in [0.25, 0.3) is 0 Å². The summed E-state index contributed by atoms with van der Waals surface area (Å²) in [5, 5.41) is 2.52. The molecule has 3 heterocycles. The minimum Gasteiger partial charge on any atom is -0.453 e. The van der Waals surface area contributed by atoms with Gasteiger partial charge < -0.3 is 9.30 Å². The maximum Gasteiger partial charge on any atom is 0.153 e. The number of benzene rings is 4. The van der Waals surface area contributed by atoms with E-state index in [9.17, 15) is 0 Å². The number of hydrogen-bond donors (Lipinski definition) is 0. The third-order valence-electron chi connectivity index (χ3n) is 6.27. The Morgan fingerprint density at radius 2 is 1.48 bits per heavy atom. The first-order chi connectivity index (χ1) is 15.3. The quantitative estimate of drug-likeness (QED) is 0.319. The first-order valence-corrected chi connectivity index (χ1v) is 10.6. The Hall–Kier alpha value is -4.05. The zero-order valence-corrected chi connectivity index (χ0v) is 17.0. The Morgan fingerprint density at radius 3 is 2.23 bits per heavy atom. The molecule has 0 atom stereocenters. The number of ether oxygens (including phenoxy) is 1. The number of para-hydroxylation sites is 3. The Bertz CT molecular complexity index is 1600. The zero-order valence-electron chi connectivity index (χ0n) is 17.0. The van der Waals surface area contributed by atoms with Gasteiger partial charge in [-0.15, -0.1) is 0 Å². The molecular weight excluding hydrogens is 382 g/mol. The fraction of sp³-hybridized carbons (Fsp3) is 0.0741. The molecule has 0 saturated heterocycles. The third-order valence-corrected chi connectivity index (χ3v) is 6.27. The summed E-state index contributed by atoms with van der Waals surface area (Å²) in [5.74, 6) is 2.77. The molecule has 0 N–H and O–H groups in total. The Kier molecular flexibility index (Phi) is 3.23. The largest absolute Gasteiger partial charge is 0.453 e. The van der Waals surface area contributed by atoms with Gasteiger partial charge in [-0.25, -0.2) is 4.98 Å². The van der Waals surface area contributed by atoms with Crippen molar-refractivity contribution in [2.45, 2.75) is 13.3 Å². The number of imidazole rings is 1. The maximum atomic E-state index is 6.28. The summed E-state index contributed by atoms with van der Waals surface area (Å²) in [7, 11) is 0. The lowest BCUT2D eigenvalue weighted by molar-refractivity contribution is 0.474. The number of fused-ring (bicyclic) bond motifs is 5. The van der Waals surface area contributed by atoms with Crippen LogP contribution >= 0.6 is 0 Å². The van der Waals surface area contributed by atoms with E-state index >= 15 is 0 Å². The standard InChI is InChI=1S/C27H19N3O/c1-2-26-28-20-10-7-13-25-27(20)30(26)23-16-17(14-15-24(23)31-25)29-21-11-5-3-8-18(21)19-9-4-6-12-22(19)29/h3-16H,2H2,1H3. The molecule has 0 aliphatic carbocycles. The Morgan fingerprint density at radius 1 is 0.742 bits per heavy atom. The fourth-order valence-corrected chi connectivity index (χ4v) is 4.95. The van der Waals surface area contributed by atoms with Crippen LogP contribution in [0.5, 0.6) is 11.5 Å². The van der Waals surface area contributed by atoms with Crippen LogP contribution in [0, 0.1) is 0 Å². The van der Waals surface area contributed by atoms with Crippen LogP contribution in [0.4, 0.5) is 0 Å². The summed E-state index contributed by atoms with van der Waals surface area (Å²) in [6.45, 7) is 2.15. The predicted molar refractivity (Wildman–Crippen MR) is 125 cm³/mol. The van der Waals surface area contributed by atoms with Crippen molar-refractivity contribution in [1.82, 2.24) is 14.1 Å². The van der Waals surface area contributed by atoms with Crippen molar-refractivity contribution < 1.29 is 4.74 Å². The average molecular weight is 401 g/mol. The number of nitrogens with zero attached hydrogens (tertiary/aromatic N) is 3. The molecule has 4 nitrogen and oxygen atoms in total. The monoisotopic (exact) mass is 401 g/mol. The van der Waals surface area contributed by atoms with Crippen LogP contribution in [0.15, 0.2) is 84.9 Å². The maximum absolute atomic E-state index is 6.28. The topological polar surface area (TPSA) is 32.0 Å². The molecule has 0 bridgehead atoms. The summed E-state index contributed by atoms with van der Waals surface area (Å²) < 4.78 is 10.9. The summed E-state index contributed by atoms with van der Waals surface area (Å²) in [6.07, 6.45) is 0.854. The van der Waals surface area contributed by atoms with Gasteiger partial charge in [-0.2, -0.15) is 0 Å². The number of aryl methyl sites for hydroxylation is 1. The van der Waals surface area contributed by atoms with Gasteiger partial charge in [-0.3, -0.25) is 4.57 Å². The van der Waals surface area contributed by atoms with Crippen LogP contribution in [0.3, 0.4) is 0 Å². The van der Waals surface area contributed by atoms with Crippen LogP contribution in [0.2, 0.25) is 0 Å². The molecule has 31 heavy (non-hydrogen) atoms. The van der Waals surface area contributed by atoms with Gasteiger partial charge in [-0.1, -0.05) is 49.4 Å². The summed E-state index contributed by atoms with van der Waals surface area (Å²) in [6, 6.07) is 29.7. The van der Waals surface area contributed by atoms with Gasteiger partial charge in [-0.05, 0) is 42.5 Å². The molecule has 4 heteroatoms. The molecule has 7 rings (SSSR count). The van der Waals surface area contributed by atoms with E-state index in [1.165, 1.54) is 21.8 Å². The molecule has 6 aromatic rings. The summed E-state index contributed by atoms with van der Waals surface area (Å²) in [5.41, 5.74) is 6.58. The molecule has 4 aromatic carbocycles. The highest BCUT2D eigenvalue weighted by molar-refractivity contribution is 6.09. The molecular formula is C27H19N3O. The van der Waals surface area contributed by atoms with Crippen LogP contribution in [-0.2, 0) is 6.42 Å². The molecule has 2 aromatic heterocycles. The minimum absolute atomic E-state index is 0.854. The van der Waals surface area contributed by atoms with Crippen molar-refractivity contribution in [3.8, 4) is 22.9 Å². The van der Waals surface area contributed by atoms with Crippen molar-refractivity contribution in [3.63, 3.8) is 0 Å². The molecule has 1 aliphatic rings. The fourth-order valence-electron chi connectivity index (χ4n) is 4.95. The Balaban J connectivity index is 1.56. The van der Waals surface area contributed by atoms with E-state index in [2.05, 4.69) is 88.9 Å².